The Morgan fingerprint density at radius 3 is 2.71 bits per heavy atom. The molecule has 0 amide bonds. The van der Waals surface area contributed by atoms with E-state index in [1.54, 1.807) is 7.11 Å². The van der Waals surface area contributed by atoms with Crippen LogP contribution in [0, 0.1) is 0 Å². The average molecular weight is 252 g/mol. The number of hydrogen-bond donors (Lipinski definition) is 1. The number of benzene rings is 1. The van der Waals surface area contributed by atoms with Gasteiger partial charge in [0.15, 0.2) is 0 Å². The number of thiocarbonyl (C=S) groups is 1. The van der Waals surface area contributed by atoms with Gasteiger partial charge in [-0.1, -0.05) is 30.4 Å². The summed E-state index contributed by atoms with van der Waals surface area (Å²) < 4.78 is 5.34. The Labute approximate surface area is 109 Å². The monoisotopic (exact) mass is 252 g/mol. The molecule has 0 heterocycles. The van der Waals surface area contributed by atoms with Gasteiger partial charge in [0.2, 0.25) is 0 Å². The summed E-state index contributed by atoms with van der Waals surface area (Å²) in [6.07, 6.45) is 0.920. The molecule has 1 aromatic rings. The summed E-state index contributed by atoms with van der Waals surface area (Å²) in [6, 6.07) is 8.44. The number of ether oxygens (including phenoxy) is 1. The molecule has 0 fully saturated rings. The first-order valence-corrected chi connectivity index (χ1v) is 6.06. The summed E-state index contributed by atoms with van der Waals surface area (Å²) >= 11 is 4.92. The van der Waals surface area contributed by atoms with E-state index in [4.69, 9.17) is 22.7 Å². The van der Waals surface area contributed by atoms with E-state index in [0.717, 1.165) is 12.2 Å². The van der Waals surface area contributed by atoms with Crippen molar-refractivity contribution in [2.24, 2.45) is 5.73 Å². The molecule has 0 saturated heterocycles. The molecule has 0 aliphatic carbocycles. The van der Waals surface area contributed by atoms with Crippen molar-refractivity contribution in [3.05, 3.63) is 29.8 Å². The quantitative estimate of drug-likeness (QED) is 0.784. The zero-order valence-electron chi connectivity index (χ0n) is 10.6. The van der Waals surface area contributed by atoms with Crippen molar-refractivity contribution in [1.82, 2.24) is 4.90 Å². The van der Waals surface area contributed by atoms with Gasteiger partial charge in [-0.15, -0.1) is 0 Å². The number of nitrogens with zero attached hydrogens (tertiary/aromatic N) is 1. The minimum absolute atomic E-state index is 0.368. The van der Waals surface area contributed by atoms with Crippen molar-refractivity contribution < 1.29 is 4.74 Å². The Balaban J connectivity index is 2.66. The fourth-order valence-corrected chi connectivity index (χ4v) is 1.95. The number of methoxy groups -OCH3 is 1. The second-order valence-electron chi connectivity index (χ2n) is 4.25. The standard InChI is InChI=1S/C13H20N2OS/c1-10(15(2)9-13(14)17)8-11-6-4-5-7-12(11)16-3/h4-7,10H,8-9H2,1-3H3,(H2,14,17). The molecule has 4 heteroatoms. The molecule has 0 radical (unpaired) electrons. The minimum atomic E-state index is 0.368. The predicted molar refractivity (Wildman–Crippen MR) is 75.6 cm³/mol. The molecule has 1 atom stereocenters. The summed E-state index contributed by atoms with van der Waals surface area (Å²) in [5.41, 5.74) is 6.75. The van der Waals surface area contributed by atoms with Gasteiger partial charge >= 0.3 is 0 Å². The summed E-state index contributed by atoms with van der Waals surface area (Å²) in [5.74, 6) is 0.933. The van der Waals surface area contributed by atoms with E-state index in [2.05, 4.69) is 17.9 Å². The van der Waals surface area contributed by atoms with Gasteiger partial charge < -0.3 is 10.5 Å². The third-order valence-electron chi connectivity index (χ3n) is 2.87. The summed E-state index contributed by atoms with van der Waals surface area (Å²) in [6.45, 7) is 2.80. The van der Waals surface area contributed by atoms with E-state index < -0.39 is 0 Å². The fourth-order valence-electron chi connectivity index (χ4n) is 1.75. The lowest BCUT2D eigenvalue weighted by atomic mass is 10.1. The zero-order chi connectivity index (χ0) is 12.8. The van der Waals surface area contributed by atoms with Crippen LogP contribution in [-0.4, -0.2) is 36.6 Å². The van der Waals surface area contributed by atoms with Crippen LogP contribution in [0.1, 0.15) is 12.5 Å². The van der Waals surface area contributed by atoms with Crippen LogP contribution in [0.5, 0.6) is 5.75 Å². The van der Waals surface area contributed by atoms with Gasteiger partial charge in [-0.2, -0.15) is 0 Å². The van der Waals surface area contributed by atoms with Gasteiger partial charge in [-0.3, -0.25) is 4.90 Å². The van der Waals surface area contributed by atoms with Crippen LogP contribution in [0.15, 0.2) is 24.3 Å². The highest BCUT2D eigenvalue weighted by Crippen LogP contribution is 2.19. The van der Waals surface area contributed by atoms with E-state index >= 15 is 0 Å². The van der Waals surface area contributed by atoms with Crippen molar-refractivity contribution in [3.8, 4) is 5.75 Å². The van der Waals surface area contributed by atoms with E-state index in [-0.39, 0.29) is 0 Å². The first-order chi connectivity index (χ1) is 8.04. The molecule has 1 aromatic carbocycles. The van der Waals surface area contributed by atoms with Gasteiger partial charge in [-0.05, 0) is 32.0 Å². The number of likely N-dealkylation sites (N-methyl/N-ethyl adjacent to an activating group) is 1. The second-order valence-corrected chi connectivity index (χ2v) is 4.77. The van der Waals surface area contributed by atoms with E-state index in [1.165, 1.54) is 5.56 Å². The molecule has 1 unspecified atom stereocenters. The molecular weight excluding hydrogens is 232 g/mol. The lowest BCUT2D eigenvalue weighted by Gasteiger charge is -2.24. The van der Waals surface area contributed by atoms with Crippen LogP contribution < -0.4 is 10.5 Å². The molecule has 0 aliphatic rings. The fraction of sp³-hybridized carbons (Fsp3) is 0.462. The SMILES string of the molecule is COc1ccccc1CC(C)N(C)CC(N)=S. The lowest BCUT2D eigenvalue weighted by molar-refractivity contribution is 0.288. The minimum Gasteiger partial charge on any atom is -0.496 e. The summed E-state index contributed by atoms with van der Waals surface area (Å²) in [5, 5.41) is 0. The first kappa shape index (κ1) is 13.9. The maximum Gasteiger partial charge on any atom is 0.122 e. The van der Waals surface area contributed by atoms with Crippen LogP contribution >= 0.6 is 12.2 Å². The Bertz CT molecular complexity index is 381. The zero-order valence-corrected chi connectivity index (χ0v) is 11.5. The smallest absolute Gasteiger partial charge is 0.122 e. The Hall–Kier alpha value is -1.13. The van der Waals surface area contributed by atoms with Crippen molar-refractivity contribution in [2.75, 3.05) is 20.7 Å². The van der Waals surface area contributed by atoms with Crippen molar-refractivity contribution in [2.45, 2.75) is 19.4 Å². The Morgan fingerprint density at radius 2 is 2.12 bits per heavy atom. The van der Waals surface area contributed by atoms with Gasteiger partial charge in [0, 0.05) is 12.6 Å². The van der Waals surface area contributed by atoms with Crippen LogP contribution in [0.3, 0.4) is 0 Å². The van der Waals surface area contributed by atoms with Crippen molar-refractivity contribution in [3.63, 3.8) is 0 Å². The summed E-state index contributed by atoms with van der Waals surface area (Å²) in [7, 11) is 3.72. The molecule has 0 spiro atoms. The largest absolute Gasteiger partial charge is 0.496 e. The van der Waals surface area contributed by atoms with E-state index in [1.807, 2.05) is 25.2 Å². The Kier molecular flexibility index (Phi) is 5.38. The van der Waals surface area contributed by atoms with Crippen molar-refractivity contribution >= 4 is 17.2 Å². The number of hydrogen-bond acceptors (Lipinski definition) is 3. The number of rotatable bonds is 6. The normalized spacial score (nSPS) is 12.5. The maximum atomic E-state index is 5.55. The average Bonchev–Trinajstić information content (AvgIpc) is 2.28. The topological polar surface area (TPSA) is 38.5 Å². The van der Waals surface area contributed by atoms with Gasteiger partial charge in [0.05, 0.1) is 12.1 Å². The highest BCUT2D eigenvalue weighted by molar-refractivity contribution is 7.80. The lowest BCUT2D eigenvalue weighted by Crippen LogP contribution is -2.37. The summed E-state index contributed by atoms with van der Waals surface area (Å²) in [4.78, 5) is 2.67. The van der Waals surface area contributed by atoms with Crippen molar-refractivity contribution in [1.29, 1.82) is 0 Å². The van der Waals surface area contributed by atoms with Crippen LogP contribution in [-0.2, 0) is 6.42 Å². The number of nitrogens with two attached hydrogens (primary N) is 1. The first-order valence-electron chi connectivity index (χ1n) is 5.65. The maximum absolute atomic E-state index is 5.55. The second kappa shape index (κ2) is 6.57. The van der Waals surface area contributed by atoms with E-state index in [0.29, 0.717) is 17.6 Å². The highest BCUT2D eigenvalue weighted by atomic mass is 32.1. The molecule has 17 heavy (non-hydrogen) atoms. The third kappa shape index (κ3) is 4.32. The van der Waals surface area contributed by atoms with Crippen LogP contribution in [0.2, 0.25) is 0 Å². The predicted octanol–water partition coefficient (Wildman–Crippen LogP) is 1.84. The molecule has 0 saturated carbocycles. The van der Waals surface area contributed by atoms with E-state index in [9.17, 15) is 0 Å². The number of para-hydroxylation sites is 1. The Morgan fingerprint density at radius 1 is 1.47 bits per heavy atom. The molecule has 2 N–H and O–H groups in total. The molecule has 3 nitrogen and oxygen atoms in total. The molecule has 0 aromatic heterocycles. The van der Waals surface area contributed by atoms with Gasteiger partial charge in [0.1, 0.15) is 5.75 Å². The molecule has 0 bridgehead atoms. The van der Waals surface area contributed by atoms with Gasteiger partial charge in [-0.25, -0.2) is 0 Å². The molecule has 94 valence electrons. The highest BCUT2D eigenvalue weighted by Gasteiger charge is 2.12. The van der Waals surface area contributed by atoms with Crippen LogP contribution in [0.4, 0.5) is 0 Å². The third-order valence-corrected chi connectivity index (χ3v) is 2.99. The molecule has 0 aliphatic heterocycles. The van der Waals surface area contributed by atoms with Crippen LogP contribution in [0.25, 0.3) is 0 Å². The molecular formula is C13H20N2OS. The van der Waals surface area contributed by atoms with Gasteiger partial charge in [0.25, 0.3) is 0 Å². The molecule has 1 rings (SSSR count).